The van der Waals surface area contributed by atoms with E-state index in [0.717, 1.165) is 0 Å². The van der Waals surface area contributed by atoms with Crippen LogP contribution in [0.15, 0.2) is 77.0 Å². The third-order valence-corrected chi connectivity index (χ3v) is 10.9. The number of nitrogens with zero attached hydrogens (tertiary/aromatic N) is 2. The first-order valence-electron chi connectivity index (χ1n) is 19.1. The fraction of sp³-hybridized carbons (Fsp3) is 0.487. The van der Waals surface area contributed by atoms with Crippen LogP contribution in [-0.2, 0) is 35.1 Å². The summed E-state index contributed by atoms with van der Waals surface area (Å²) in [7, 11) is -13.0. The van der Waals surface area contributed by atoms with E-state index >= 15 is 0 Å². The third-order valence-electron chi connectivity index (χ3n) is 8.54. The molecule has 3 aromatic rings. The minimum Gasteiger partial charge on any atom is -0.489 e. The van der Waals surface area contributed by atoms with Gasteiger partial charge in [-0.1, -0.05) is 18.2 Å². The van der Waals surface area contributed by atoms with Gasteiger partial charge in [0.2, 0.25) is 5.75 Å². The van der Waals surface area contributed by atoms with Gasteiger partial charge in [0.25, 0.3) is 42.2 Å². The molecule has 3 aromatic carbocycles. The molecule has 0 aliphatic rings. The van der Waals surface area contributed by atoms with E-state index < -0.39 is 64.7 Å². The predicted molar refractivity (Wildman–Crippen MR) is 226 cm³/mol. The molecule has 0 saturated heterocycles. The van der Waals surface area contributed by atoms with Crippen molar-refractivity contribution in [2.24, 2.45) is 10.2 Å². The highest BCUT2D eigenvalue weighted by molar-refractivity contribution is 7.86. The van der Waals surface area contributed by atoms with Gasteiger partial charge in [0.15, 0.2) is 11.5 Å². The number of hydrogen-bond donors (Lipinski definition) is 5. The van der Waals surface area contributed by atoms with Gasteiger partial charge in [-0.15, -0.1) is 0 Å². The zero-order valence-electron chi connectivity index (χ0n) is 34.4. The van der Waals surface area contributed by atoms with Crippen LogP contribution in [0.3, 0.4) is 0 Å². The zero-order chi connectivity index (χ0) is 45.3. The number of hydrogen-bond acceptors (Lipinski definition) is 14. The van der Waals surface area contributed by atoms with Crippen LogP contribution in [0.4, 0.5) is 11.4 Å². The van der Waals surface area contributed by atoms with E-state index in [4.69, 9.17) is 32.6 Å². The number of nitrogens with one attached hydrogen (secondary N) is 2. The molecular weight excluding hydrogens is 861 g/mol. The summed E-state index contributed by atoms with van der Waals surface area (Å²) in [5, 5.41) is 14.2. The van der Waals surface area contributed by atoms with Crippen LogP contribution < -0.4 is 24.8 Å². The van der Waals surface area contributed by atoms with Gasteiger partial charge < -0.3 is 29.6 Å². The predicted octanol–water partition coefficient (Wildman–Crippen LogP) is 5.59. The lowest BCUT2D eigenvalue weighted by atomic mass is 9.99. The van der Waals surface area contributed by atoms with E-state index in [0.29, 0.717) is 29.8 Å². The molecule has 0 heterocycles. The van der Waals surface area contributed by atoms with Crippen LogP contribution in [0.5, 0.6) is 17.2 Å². The third kappa shape index (κ3) is 21.1. The number of carbonyl (C=O) groups is 2. The molecular formula is C39H54N4O15S3. The molecule has 3 rings (SSSR count). The van der Waals surface area contributed by atoms with Gasteiger partial charge in [-0.3, -0.25) is 23.2 Å². The van der Waals surface area contributed by atoms with E-state index in [2.05, 4.69) is 20.9 Å². The smallest absolute Gasteiger partial charge is 0.264 e. The summed E-state index contributed by atoms with van der Waals surface area (Å²) in [6.45, 7) is 6.99. The van der Waals surface area contributed by atoms with E-state index in [9.17, 15) is 34.8 Å². The molecule has 0 saturated carbocycles. The molecule has 0 bridgehead atoms. The van der Waals surface area contributed by atoms with Gasteiger partial charge in [0.05, 0.1) is 54.1 Å². The molecule has 61 heavy (non-hydrogen) atoms. The largest absolute Gasteiger partial charge is 0.489 e. The molecule has 19 nitrogen and oxygen atoms in total. The van der Waals surface area contributed by atoms with E-state index in [1.165, 1.54) is 12.1 Å². The minimum atomic E-state index is -4.32. The molecule has 22 heteroatoms. The van der Waals surface area contributed by atoms with Gasteiger partial charge in [-0.05, 0) is 108 Å². The average Bonchev–Trinajstić information content (AvgIpc) is 3.15. The molecule has 5 N–H and O–H groups in total. The second-order valence-corrected chi connectivity index (χ2v) is 19.8. The molecule has 0 radical (unpaired) electrons. The number of benzene rings is 3. The van der Waals surface area contributed by atoms with Crippen LogP contribution in [0.1, 0.15) is 80.5 Å². The molecule has 0 spiro atoms. The summed E-state index contributed by atoms with van der Waals surface area (Å²) >= 11 is 0. The van der Waals surface area contributed by atoms with Gasteiger partial charge in [0, 0.05) is 29.8 Å². The van der Waals surface area contributed by atoms with Crippen molar-refractivity contribution >= 4 is 53.5 Å². The van der Waals surface area contributed by atoms with E-state index in [-0.39, 0.29) is 81.0 Å². The molecule has 0 unspecified atom stereocenters. The van der Waals surface area contributed by atoms with Crippen LogP contribution in [0.2, 0.25) is 0 Å². The lowest BCUT2D eigenvalue weighted by Gasteiger charge is -2.30. The number of ether oxygens (including phenoxy) is 4. The van der Waals surface area contributed by atoms with E-state index in [1.807, 2.05) is 58.0 Å². The number of carbonyl (C=O) groups excluding carboxylic acids is 2. The second kappa shape index (κ2) is 22.9. The van der Waals surface area contributed by atoms with Crippen LogP contribution in [0.25, 0.3) is 0 Å². The molecule has 0 atom stereocenters. The first-order chi connectivity index (χ1) is 28.4. The lowest BCUT2D eigenvalue weighted by molar-refractivity contribution is -0.0296. The van der Waals surface area contributed by atoms with Gasteiger partial charge >= 0.3 is 0 Å². The second-order valence-electron chi connectivity index (χ2n) is 15.1. The Hall–Kier alpha value is -4.71. The normalized spacial score (nSPS) is 12.6. The topological polar surface area (TPSA) is 283 Å². The van der Waals surface area contributed by atoms with Gasteiger partial charge in [0.1, 0.15) is 0 Å². The van der Waals surface area contributed by atoms with Crippen molar-refractivity contribution < 1.29 is 67.4 Å². The molecule has 0 fully saturated rings. The number of amides is 2. The highest BCUT2D eigenvalue weighted by atomic mass is 32.2. The average molecular weight is 915 g/mol. The van der Waals surface area contributed by atoms with Crippen molar-refractivity contribution in [2.45, 2.75) is 70.9 Å². The summed E-state index contributed by atoms with van der Waals surface area (Å²) in [4.78, 5) is 26.5. The highest BCUT2D eigenvalue weighted by Gasteiger charge is 2.25. The molecule has 0 aliphatic carbocycles. The highest BCUT2D eigenvalue weighted by Crippen LogP contribution is 2.39. The maximum atomic E-state index is 13.4. The molecule has 338 valence electrons. The van der Waals surface area contributed by atoms with Crippen LogP contribution in [-0.4, -0.2) is 112 Å². The summed E-state index contributed by atoms with van der Waals surface area (Å²) in [6, 6.07) is 18.6. The molecule has 0 aromatic heterocycles. The Bertz CT molecular complexity index is 2210. The Kier molecular flexibility index (Phi) is 19.0. The fourth-order valence-corrected chi connectivity index (χ4v) is 6.74. The molecule has 0 aliphatic heterocycles. The quantitative estimate of drug-likeness (QED) is 0.0354. The lowest BCUT2D eigenvalue weighted by Crippen LogP contribution is -2.44. The number of rotatable bonds is 27. The summed E-state index contributed by atoms with van der Waals surface area (Å²) in [6.07, 6.45) is 0.305. The summed E-state index contributed by atoms with van der Waals surface area (Å²) in [5.74, 6) is -3.18. The van der Waals surface area contributed by atoms with Gasteiger partial charge in [-0.25, -0.2) is 0 Å². The first-order valence-corrected chi connectivity index (χ1v) is 24.0. The zero-order valence-corrected chi connectivity index (χ0v) is 36.9. The number of azo groups is 1. The van der Waals surface area contributed by atoms with Gasteiger partial charge in [-0.2, -0.15) is 35.5 Å². The maximum absolute atomic E-state index is 13.4. The summed E-state index contributed by atoms with van der Waals surface area (Å²) < 4.78 is 118. The van der Waals surface area contributed by atoms with Crippen molar-refractivity contribution in [3.63, 3.8) is 0 Å². The van der Waals surface area contributed by atoms with Crippen molar-refractivity contribution in [2.75, 3.05) is 50.2 Å². The Morgan fingerprint density at radius 1 is 0.607 bits per heavy atom. The van der Waals surface area contributed by atoms with Crippen molar-refractivity contribution in [3.8, 4) is 17.2 Å². The Morgan fingerprint density at radius 3 is 1.57 bits per heavy atom. The van der Waals surface area contributed by atoms with Crippen molar-refractivity contribution in [1.29, 1.82) is 0 Å². The SMILES string of the molecule is CC(C)(CCOC(C)(C)CCNC(=O)c1cc(OCCCS(=O)(=O)O)c(OCCCS(=O)(=O)O)c(OCCCS(=O)(=O)O)c1)NC(=O)c1ccc(N=Nc2ccccc2)cc1. The standard InChI is InChI=1S/C39H54N4O15S3/c1-38(2,41-37(45)29-13-15-32(16-14-29)43-42-31-11-6-5-7-12-31)18-23-58-39(3,4)17-19-40-36(44)30-27-33(55-20-8-24-59(46,47)48)35(57-22-10-26-61(52,53)54)34(28-30)56-21-9-25-60(49,50)51/h5-7,11-16,27-28H,8-10,17-26H2,1-4H3,(H,40,44)(H,41,45)(H,46,47,48)(H,49,50,51)(H,52,53,54). The molecule has 2 amide bonds. The Balaban J connectivity index is 1.62. The monoisotopic (exact) mass is 914 g/mol. The van der Waals surface area contributed by atoms with Crippen molar-refractivity contribution in [1.82, 2.24) is 10.6 Å². The van der Waals surface area contributed by atoms with Crippen LogP contribution >= 0.6 is 0 Å². The Labute approximate surface area is 356 Å². The van der Waals surface area contributed by atoms with E-state index in [1.54, 1.807) is 24.3 Å². The first kappa shape index (κ1) is 50.6. The van der Waals surface area contributed by atoms with Crippen molar-refractivity contribution in [3.05, 3.63) is 77.9 Å². The Morgan fingerprint density at radius 2 is 1.08 bits per heavy atom. The van der Waals surface area contributed by atoms with Crippen LogP contribution in [0, 0.1) is 0 Å². The fourth-order valence-electron chi connectivity index (χ4n) is 5.29. The summed E-state index contributed by atoms with van der Waals surface area (Å²) in [5.41, 5.74) is 0.381. The minimum absolute atomic E-state index is 0.0118. The maximum Gasteiger partial charge on any atom is 0.264 e.